The Morgan fingerprint density at radius 1 is 1.31 bits per heavy atom. The summed E-state index contributed by atoms with van der Waals surface area (Å²) in [5.74, 6) is 0.615. The molecule has 2 aromatic rings. The largest absolute Gasteiger partial charge is 0.316 e. The van der Waals surface area contributed by atoms with Gasteiger partial charge in [-0.3, -0.25) is 0 Å². The average molecular weight is 233 g/mol. The molecule has 0 aliphatic carbocycles. The molecule has 1 aromatic heterocycles. The van der Waals surface area contributed by atoms with E-state index in [1.165, 1.54) is 21.4 Å². The van der Waals surface area contributed by atoms with Gasteiger partial charge in [0, 0.05) is 22.0 Å². The molecule has 1 nitrogen and oxygen atoms in total. The van der Waals surface area contributed by atoms with Crippen molar-refractivity contribution in [2.24, 2.45) is 0 Å². The van der Waals surface area contributed by atoms with Gasteiger partial charge in [-0.25, -0.2) is 0 Å². The highest BCUT2D eigenvalue weighted by molar-refractivity contribution is 7.19. The first-order valence-electron chi connectivity index (χ1n) is 6.00. The maximum Gasteiger partial charge on any atom is 0.0345 e. The molecule has 0 spiro atoms. The van der Waals surface area contributed by atoms with E-state index < -0.39 is 0 Å². The number of fused-ring (bicyclic) bond motifs is 1. The van der Waals surface area contributed by atoms with Gasteiger partial charge >= 0.3 is 0 Å². The summed E-state index contributed by atoms with van der Waals surface area (Å²) < 4.78 is 1.40. The van der Waals surface area contributed by atoms with E-state index in [2.05, 4.69) is 49.5 Å². The molecule has 86 valence electrons. The van der Waals surface area contributed by atoms with Crippen molar-refractivity contribution in [2.45, 2.75) is 26.2 Å². The van der Waals surface area contributed by atoms with Gasteiger partial charge in [0.25, 0.3) is 0 Å². The third-order valence-corrected chi connectivity index (χ3v) is 4.16. The lowest BCUT2D eigenvalue weighted by Gasteiger charge is -2.09. The zero-order valence-corrected chi connectivity index (χ0v) is 10.8. The van der Waals surface area contributed by atoms with Gasteiger partial charge in [-0.05, 0) is 30.5 Å². The smallest absolute Gasteiger partial charge is 0.0345 e. The molecule has 2 rings (SSSR count). The second-order valence-electron chi connectivity index (χ2n) is 4.29. The van der Waals surface area contributed by atoms with Gasteiger partial charge in [-0.15, -0.1) is 11.3 Å². The molecule has 16 heavy (non-hydrogen) atoms. The van der Waals surface area contributed by atoms with E-state index in [-0.39, 0.29) is 0 Å². The first kappa shape index (κ1) is 11.6. The molecule has 1 aromatic carbocycles. The van der Waals surface area contributed by atoms with Crippen molar-refractivity contribution in [3.8, 4) is 0 Å². The van der Waals surface area contributed by atoms with E-state index >= 15 is 0 Å². The Bertz CT molecular complexity index is 414. The van der Waals surface area contributed by atoms with Crippen molar-refractivity contribution >= 4 is 21.4 Å². The molecule has 1 atom stereocenters. The van der Waals surface area contributed by atoms with Crippen LogP contribution in [-0.2, 0) is 0 Å². The van der Waals surface area contributed by atoms with Crippen molar-refractivity contribution in [2.75, 3.05) is 13.1 Å². The van der Waals surface area contributed by atoms with Crippen LogP contribution in [0.1, 0.15) is 31.1 Å². The van der Waals surface area contributed by atoms with Crippen molar-refractivity contribution in [3.05, 3.63) is 35.2 Å². The van der Waals surface area contributed by atoms with Crippen LogP contribution in [0.4, 0.5) is 0 Å². The Labute approximate surface area is 101 Å². The predicted molar refractivity (Wildman–Crippen MR) is 73.4 cm³/mol. The Morgan fingerprint density at radius 3 is 2.88 bits per heavy atom. The van der Waals surface area contributed by atoms with Crippen LogP contribution in [0.2, 0.25) is 0 Å². The Balaban J connectivity index is 2.07. The van der Waals surface area contributed by atoms with Gasteiger partial charge in [-0.2, -0.15) is 0 Å². The molecule has 0 amide bonds. The second-order valence-corrected chi connectivity index (χ2v) is 5.41. The van der Waals surface area contributed by atoms with E-state index in [1.807, 2.05) is 11.3 Å². The highest BCUT2D eigenvalue weighted by Crippen LogP contribution is 2.30. The van der Waals surface area contributed by atoms with Crippen LogP contribution in [0.25, 0.3) is 10.1 Å². The molecule has 0 bridgehead atoms. The van der Waals surface area contributed by atoms with E-state index in [0.29, 0.717) is 5.92 Å². The average Bonchev–Trinajstić information content (AvgIpc) is 2.73. The normalized spacial score (nSPS) is 13.1. The molecule has 0 saturated heterocycles. The number of benzene rings is 1. The molecule has 0 saturated carbocycles. The lowest BCUT2D eigenvalue weighted by molar-refractivity contribution is 0.615. The third kappa shape index (κ3) is 2.63. The van der Waals surface area contributed by atoms with Crippen molar-refractivity contribution < 1.29 is 0 Å². The van der Waals surface area contributed by atoms with Gasteiger partial charge in [0.2, 0.25) is 0 Å². The first-order chi connectivity index (χ1) is 7.81. The summed E-state index contributed by atoms with van der Waals surface area (Å²) in [6.07, 6.45) is 1.21. The van der Waals surface area contributed by atoms with Gasteiger partial charge in [0.05, 0.1) is 0 Å². The Hall–Kier alpha value is -0.860. The number of nitrogens with one attached hydrogen (secondary N) is 1. The van der Waals surface area contributed by atoms with Crippen LogP contribution in [0.3, 0.4) is 0 Å². The second kappa shape index (κ2) is 5.46. The fourth-order valence-corrected chi connectivity index (χ4v) is 2.96. The number of thiophene rings is 1. The summed E-state index contributed by atoms with van der Waals surface area (Å²) >= 11 is 1.92. The topological polar surface area (TPSA) is 12.0 Å². The Kier molecular flexibility index (Phi) is 3.97. The maximum absolute atomic E-state index is 3.48. The molecule has 0 aliphatic heterocycles. The monoisotopic (exact) mass is 233 g/mol. The van der Waals surface area contributed by atoms with Crippen molar-refractivity contribution in [3.63, 3.8) is 0 Å². The minimum absolute atomic E-state index is 0.615. The summed E-state index contributed by atoms with van der Waals surface area (Å²) in [4.78, 5) is 1.49. The minimum atomic E-state index is 0.615. The summed E-state index contributed by atoms with van der Waals surface area (Å²) in [6.45, 7) is 6.71. The molecular formula is C14H19NS. The highest BCUT2D eigenvalue weighted by atomic mass is 32.1. The van der Waals surface area contributed by atoms with Gasteiger partial charge in [-0.1, -0.05) is 32.0 Å². The van der Waals surface area contributed by atoms with E-state index in [0.717, 1.165) is 13.1 Å². The number of hydrogen-bond acceptors (Lipinski definition) is 2. The minimum Gasteiger partial charge on any atom is -0.316 e. The molecule has 1 heterocycles. The van der Waals surface area contributed by atoms with Gasteiger partial charge in [0.15, 0.2) is 0 Å². The Morgan fingerprint density at radius 2 is 2.12 bits per heavy atom. The zero-order chi connectivity index (χ0) is 11.4. The molecule has 1 N–H and O–H groups in total. The first-order valence-corrected chi connectivity index (χ1v) is 6.82. The molecule has 0 fully saturated rings. The van der Waals surface area contributed by atoms with Crippen LogP contribution in [-0.4, -0.2) is 13.1 Å². The quantitative estimate of drug-likeness (QED) is 0.770. The number of hydrogen-bond donors (Lipinski definition) is 1. The highest BCUT2D eigenvalue weighted by Gasteiger charge is 2.08. The molecular weight excluding hydrogens is 214 g/mol. The van der Waals surface area contributed by atoms with Crippen LogP contribution < -0.4 is 5.32 Å². The van der Waals surface area contributed by atoms with E-state index in [4.69, 9.17) is 0 Å². The van der Waals surface area contributed by atoms with Crippen molar-refractivity contribution in [1.82, 2.24) is 5.32 Å². The molecule has 1 unspecified atom stereocenters. The standard InChI is InChI=1S/C14H19NS/c1-3-8-15-10-11(2)14-9-12-6-4-5-7-13(12)16-14/h4-7,9,11,15H,3,8,10H2,1-2H3. The predicted octanol–water partition coefficient (Wildman–Crippen LogP) is 4.00. The van der Waals surface area contributed by atoms with E-state index in [9.17, 15) is 0 Å². The summed E-state index contributed by atoms with van der Waals surface area (Å²) in [6, 6.07) is 11.0. The van der Waals surface area contributed by atoms with Crippen LogP contribution in [0.5, 0.6) is 0 Å². The lowest BCUT2D eigenvalue weighted by Crippen LogP contribution is -2.20. The summed E-state index contributed by atoms with van der Waals surface area (Å²) in [5, 5.41) is 4.86. The zero-order valence-electron chi connectivity index (χ0n) is 9.99. The molecule has 0 radical (unpaired) electrons. The van der Waals surface area contributed by atoms with Crippen LogP contribution in [0.15, 0.2) is 30.3 Å². The van der Waals surface area contributed by atoms with Crippen molar-refractivity contribution in [1.29, 1.82) is 0 Å². The van der Waals surface area contributed by atoms with Gasteiger partial charge in [0.1, 0.15) is 0 Å². The summed E-state index contributed by atoms with van der Waals surface area (Å²) in [5.41, 5.74) is 0. The fraction of sp³-hybridized carbons (Fsp3) is 0.429. The van der Waals surface area contributed by atoms with E-state index in [1.54, 1.807) is 0 Å². The van der Waals surface area contributed by atoms with Gasteiger partial charge < -0.3 is 5.32 Å². The molecule has 2 heteroatoms. The van der Waals surface area contributed by atoms with Crippen LogP contribution >= 0.6 is 11.3 Å². The fourth-order valence-electron chi connectivity index (χ4n) is 1.84. The summed E-state index contributed by atoms with van der Waals surface area (Å²) in [7, 11) is 0. The third-order valence-electron chi connectivity index (χ3n) is 2.81. The maximum atomic E-state index is 3.48. The molecule has 0 aliphatic rings. The SMILES string of the molecule is CCCNCC(C)c1cc2ccccc2s1. The number of rotatable bonds is 5. The lowest BCUT2D eigenvalue weighted by atomic mass is 10.1. The van der Waals surface area contributed by atoms with Crippen LogP contribution in [0, 0.1) is 0 Å².